The monoisotopic (exact) mass is 279 g/mol. The first kappa shape index (κ1) is 15.0. The molecule has 112 valence electrons. The van der Waals surface area contributed by atoms with Crippen LogP contribution in [0.5, 0.6) is 0 Å². The van der Waals surface area contributed by atoms with Crippen molar-refractivity contribution in [2.24, 2.45) is 5.92 Å². The first-order valence-corrected chi connectivity index (χ1v) is 7.61. The molecule has 1 aliphatic heterocycles. The number of carboxylic acid groups (broad SMARTS) is 1. The predicted molar refractivity (Wildman–Crippen MR) is 77.4 cm³/mol. The lowest BCUT2D eigenvalue weighted by atomic mass is 9.89. The highest BCUT2D eigenvalue weighted by Gasteiger charge is 2.32. The molecule has 20 heavy (non-hydrogen) atoms. The zero-order valence-electron chi connectivity index (χ0n) is 12.5. The fraction of sp³-hybridized carbons (Fsp3) is 0.733. The highest BCUT2D eigenvalue weighted by molar-refractivity contribution is 5.73. The first-order valence-electron chi connectivity index (χ1n) is 7.61. The Labute approximate surface area is 120 Å². The van der Waals surface area contributed by atoms with Crippen molar-refractivity contribution in [2.45, 2.75) is 58.7 Å². The summed E-state index contributed by atoms with van der Waals surface area (Å²) in [5, 5.41) is 9.46. The van der Waals surface area contributed by atoms with Crippen LogP contribution in [0.2, 0.25) is 0 Å². The van der Waals surface area contributed by atoms with Crippen molar-refractivity contribution in [1.29, 1.82) is 0 Å². The van der Waals surface area contributed by atoms with Crippen LogP contribution in [0.3, 0.4) is 0 Å². The second kappa shape index (κ2) is 6.88. The van der Waals surface area contributed by atoms with E-state index in [2.05, 4.69) is 28.3 Å². The van der Waals surface area contributed by atoms with Crippen LogP contribution in [0.1, 0.15) is 45.2 Å². The zero-order valence-corrected chi connectivity index (χ0v) is 12.5. The second-order valence-corrected chi connectivity index (χ2v) is 5.70. The molecule has 0 radical (unpaired) electrons. The van der Waals surface area contributed by atoms with Crippen LogP contribution in [-0.2, 0) is 17.9 Å². The molecule has 0 spiro atoms. The average Bonchev–Trinajstić information content (AvgIpc) is 2.87. The maximum absolute atomic E-state index is 11.5. The number of carboxylic acids is 1. The number of imidazole rings is 1. The Hall–Kier alpha value is -1.36. The van der Waals surface area contributed by atoms with Gasteiger partial charge < -0.3 is 9.67 Å². The number of hydrogen-bond acceptors (Lipinski definition) is 3. The summed E-state index contributed by atoms with van der Waals surface area (Å²) in [7, 11) is 0. The molecule has 5 nitrogen and oxygen atoms in total. The van der Waals surface area contributed by atoms with Gasteiger partial charge in [-0.15, -0.1) is 0 Å². The molecule has 0 amide bonds. The van der Waals surface area contributed by atoms with Gasteiger partial charge in [-0.1, -0.05) is 20.3 Å². The van der Waals surface area contributed by atoms with Gasteiger partial charge in [-0.2, -0.15) is 0 Å². The van der Waals surface area contributed by atoms with Crippen molar-refractivity contribution in [3.63, 3.8) is 0 Å². The maximum Gasteiger partial charge on any atom is 0.320 e. The van der Waals surface area contributed by atoms with Gasteiger partial charge in [-0.25, -0.2) is 4.98 Å². The van der Waals surface area contributed by atoms with Crippen LogP contribution in [-0.4, -0.2) is 38.1 Å². The van der Waals surface area contributed by atoms with Gasteiger partial charge >= 0.3 is 5.97 Å². The van der Waals surface area contributed by atoms with Crippen molar-refractivity contribution in [3.05, 3.63) is 18.2 Å². The summed E-state index contributed by atoms with van der Waals surface area (Å²) >= 11 is 0. The number of hydrogen-bond donors (Lipinski definition) is 1. The van der Waals surface area contributed by atoms with Gasteiger partial charge in [0.2, 0.25) is 0 Å². The summed E-state index contributed by atoms with van der Waals surface area (Å²) in [6.07, 6.45) is 7.71. The van der Waals surface area contributed by atoms with Gasteiger partial charge in [0.25, 0.3) is 0 Å². The Morgan fingerprint density at radius 3 is 2.95 bits per heavy atom. The molecule has 1 aromatic rings. The van der Waals surface area contributed by atoms with E-state index in [4.69, 9.17) is 0 Å². The van der Waals surface area contributed by atoms with Gasteiger partial charge in [0, 0.05) is 19.3 Å². The Bertz CT molecular complexity index is 444. The lowest BCUT2D eigenvalue weighted by Crippen LogP contribution is -2.46. The quantitative estimate of drug-likeness (QED) is 0.868. The van der Waals surface area contributed by atoms with E-state index < -0.39 is 5.97 Å². The molecule has 1 aliphatic rings. The molecular weight excluding hydrogens is 254 g/mol. The second-order valence-electron chi connectivity index (χ2n) is 5.70. The number of rotatable bonds is 6. The van der Waals surface area contributed by atoms with E-state index in [0.717, 1.165) is 44.5 Å². The Kier molecular flexibility index (Phi) is 5.17. The average molecular weight is 279 g/mol. The van der Waals surface area contributed by atoms with Gasteiger partial charge in [0.15, 0.2) is 0 Å². The molecule has 2 atom stereocenters. The maximum atomic E-state index is 11.5. The molecule has 0 bridgehead atoms. The number of aromatic nitrogens is 2. The smallest absolute Gasteiger partial charge is 0.320 e. The van der Waals surface area contributed by atoms with E-state index in [1.807, 2.05) is 12.5 Å². The van der Waals surface area contributed by atoms with Gasteiger partial charge in [-0.05, 0) is 31.7 Å². The zero-order chi connectivity index (χ0) is 14.5. The highest BCUT2D eigenvalue weighted by Crippen LogP contribution is 2.26. The number of aliphatic carboxylic acids is 1. The van der Waals surface area contributed by atoms with Crippen LogP contribution < -0.4 is 0 Å². The fourth-order valence-corrected chi connectivity index (χ4v) is 3.03. The van der Waals surface area contributed by atoms with Crippen LogP contribution in [0.4, 0.5) is 0 Å². The third kappa shape index (κ3) is 3.39. The van der Waals surface area contributed by atoms with Crippen molar-refractivity contribution >= 4 is 5.97 Å². The summed E-state index contributed by atoms with van der Waals surface area (Å²) in [4.78, 5) is 17.8. The third-order valence-corrected chi connectivity index (χ3v) is 4.31. The van der Waals surface area contributed by atoms with Crippen LogP contribution in [0.25, 0.3) is 0 Å². The van der Waals surface area contributed by atoms with Gasteiger partial charge in [0.1, 0.15) is 6.04 Å². The standard InChI is InChI=1S/C15H25N3O2/c1-3-6-18-11-16-9-13(18)10-17-7-5-12(4-2)8-14(17)15(19)20/h9,11-12,14H,3-8,10H2,1-2H3,(H,19,20). The SMILES string of the molecule is CCCn1cncc1CN1CCC(CC)CC1C(=O)O. The molecular formula is C15H25N3O2. The Morgan fingerprint density at radius 2 is 2.30 bits per heavy atom. The number of piperidine rings is 1. The van der Waals surface area contributed by atoms with E-state index in [1.54, 1.807) is 0 Å². The van der Waals surface area contributed by atoms with Crippen molar-refractivity contribution in [1.82, 2.24) is 14.5 Å². The minimum Gasteiger partial charge on any atom is -0.480 e. The van der Waals surface area contributed by atoms with Gasteiger partial charge in [0.05, 0.1) is 12.0 Å². The van der Waals surface area contributed by atoms with Crippen LogP contribution in [0.15, 0.2) is 12.5 Å². The van der Waals surface area contributed by atoms with Crippen LogP contribution in [0, 0.1) is 5.92 Å². The lowest BCUT2D eigenvalue weighted by molar-refractivity contribution is -0.145. The summed E-state index contributed by atoms with van der Waals surface area (Å²) in [6, 6.07) is -0.348. The number of aryl methyl sites for hydroxylation is 1. The molecule has 0 aromatic carbocycles. The van der Waals surface area contributed by atoms with Gasteiger partial charge in [-0.3, -0.25) is 9.69 Å². The van der Waals surface area contributed by atoms with E-state index in [0.29, 0.717) is 12.5 Å². The summed E-state index contributed by atoms with van der Waals surface area (Å²) in [5.41, 5.74) is 1.12. The Balaban J connectivity index is 2.06. The molecule has 2 heterocycles. The first-order chi connectivity index (χ1) is 9.65. The normalized spacial score (nSPS) is 23.9. The largest absolute Gasteiger partial charge is 0.480 e. The lowest BCUT2D eigenvalue weighted by Gasteiger charge is -2.36. The molecule has 2 rings (SSSR count). The molecule has 0 saturated carbocycles. The topological polar surface area (TPSA) is 58.4 Å². The molecule has 0 aliphatic carbocycles. The molecule has 1 saturated heterocycles. The summed E-state index contributed by atoms with van der Waals surface area (Å²) in [5.74, 6) is -0.141. The number of likely N-dealkylation sites (tertiary alicyclic amines) is 1. The van der Waals surface area contributed by atoms with Crippen molar-refractivity contribution < 1.29 is 9.90 Å². The van der Waals surface area contributed by atoms with Crippen LogP contribution >= 0.6 is 0 Å². The molecule has 1 aromatic heterocycles. The number of nitrogens with zero attached hydrogens (tertiary/aromatic N) is 3. The molecule has 1 fully saturated rings. The highest BCUT2D eigenvalue weighted by atomic mass is 16.4. The molecule has 5 heteroatoms. The third-order valence-electron chi connectivity index (χ3n) is 4.31. The van der Waals surface area contributed by atoms with Crippen molar-refractivity contribution in [3.8, 4) is 0 Å². The van der Waals surface area contributed by atoms with Crippen molar-refractivity contribution in [2.75, 3.05) is 6.54 Å². The minimum atomic E-state index is -0.690. The summed E-state index contributed by atoms with van der Waals surface area (Å²) in [6.45, 7) is 6.78. The van der Waals surface area contributed by atoms with E-state index in [9.17, 15) is 9.90 Å². The Morgan fingerprint density at radius 1 is 1.50 bits per heavy atom. The van der Waals surface area contributed by atoms with E-state index in [1.165, 1.54) is 0 Å². The number of carbonyl (C=O) groups is 1. The summed E-state index contributed by atoms with van der Waals surface area (Å²) < 4.78 is 2.13. The minimum absolute atomic E-state index is 0.348. The molecule has 2 unspecified atom stereocenters. The predicted octanol–water partition coefficient (Wildman–Crippen LogP) is 2.37. The van der Waals surface area contributed by atoms with E-state index >= 15 is 0 Å². The van der Waals surface area contributed by atoms with E-state index in [-0.39, 0.29) is 6.04 Å². The molecule has 1 N–H and O–H groups in total. The fourth-order valence-electron chi connectivity index (χ4n) is 3.03.